The average Bonchev–Trinajstić information content (AvgIpc) is 2.84. The zero-order chi connectivity index (χ0) is 26.5. The molecule has 0 aliphatic carbocycles. The van der Waals surface area contributed by atoms with Gasteiger partial charge >= 0.3 is 0 Å². The van der Waals surface area contributed by atoms with E-state index in [0.717, 1.165) is 25.0 Å². The zero-order valence-corrected chi connectivity index (χ0v) is 25.2. The number of sulfone groups is 1. The topological polar surface area (TPSA) is 56.3 Å². The Balaban J connectivity index is 1.61. The van der Waals surface area contributed by atoms with E-state index in [1.807, 2.05) is 18.2 Å². The highest BCUT2D eigenvalue weighted by molar-refractivity contribution is 7.91. The molecule has 0 fully saturated rings. The lowest BCUT2D eigenvalue weighted by atomic mass is 10.0. The van der Waals surface area contributed by atoms with Gasteiger partial charge in [0.15, 0.2) is 18.2 Å². The minimum Gasteiger partial charge on any atom is -0.417 e. The smallest absolute Gasteiger partial charge is 0.191 e. The van der Waals surface area contributed by atoms with Crippen LogP contribution in [0.25, 0.3) is 0 Å². The van der Waals surface area contributed by atoms with Gasteiger partial charge < -0.3 is 4.43 Å². The molecule has 0 N–H and O–H groups in total. The van der Waals surface area contributed by atoms with Crippen molar-refractivity contribution in [3.8, 4) is 0 Å². The molecule has 0 spiro atoms. The third kappa shape index (κ3) is 10.1. The van der Waals surface area contributed by atoms with Crippen molar-refractivity contribution in [2.75, 3.05) is 6.61 Å². The fraction of sp³-hybridized carbons (Fsp3) is 0.633. The first-order valence-electron chi connectivity index (χ1n) is 13.9. The number of pyridine rings is 1. The molecule has 1 aromatic heterocycles. The van der Waals surface area contributed by atoms with Crippen LogP contribution >= 0.6 is 0 Å². The molecule has 0 radical (unpaired) electrons. The van der Waals surface area contributed by atoms with Gasteiger partial charge in [-0.3, -0.25) is 4.98 Å². The summed E-state index contributed by atoms with van der Waals surface area (Å²) in [6, 6.07) is 12.5. The highest BCUT2D eigenvalue weighted by Gasteiger charge is 2.36. The lowest BCUT2D eigenvalue weighted by molar-refractivity contribution is 0.277. The lowest BCUT2D eigenvalue weighted by Gasteiger charge is -2.36. The molecule has 0 saturated heterocycles. The lowest BCUT2D eigenvalue weighted by Crippen LogP contribution is -2.40. The van der Waals surface area contributed by atoms with Gasteiger partial charge in [0.05, 0.1) is 10.1 Å². The quantitative estimate of drug-likeness (QED) is 0.151. The van der Waals surface area contributed by atoms with Crippen molar-refractivity contribution in [3.63, 3.8) is 0 Å². The van der Waals surface area contributed by atoms with Crippen molar-refractivity contribution in [1.29, 1.82) is 0 Å². The molecule has 36 heavy (non-hydrogen) atoms. The highest BCUT2D eigenvalue weighted by Crippen LogP contribution is 2.36. The maximum Gasteiger partial charge on any atom is 0.191 e. The highest BCUT2D eigenvalue weighted by atomic mass is 32.2. The SMILES string of the molecule is CC(C)(C)[Si](C)(C)OCCCCCCCCCCCCC(c1cccnc1)S(=O)(=O)c1ccccc1. The van der Waals surface area contributed by atoms with Gasteiger partial charge in [0.25, 0.3) is 0 Å². The standard InChI is InChI=1S/C30H49NO3SSi/c1-30(2,3)36(4,5)34-25-18-13-11-9-7-6-8-10-12-17-23-29(27-20-19-24-31-26-27)35(32,33)28-21-15-14-16-22-28/h14-16,19-22,24,26,29H,6-13,17-18,23,25H2,1-5H3. The molecule has 1 atom stereocenters. The van der Waals surface area contributed by atoms with Gasteiger partial charge in [-0.1, -0.05) is 103 Å². The first kappa shape index (κ1) is 30.7. The normalized spacial score (nSPS) is 13.6. The molecule has 0 saturated carbocycles. The Bertz CT molecular complexity index is 957. The third-order valence-electron chi connectivity index (χ3n) is 7.63. The molecule has 2 aromatic rings. The maximum atomic E-state index is 13.3. The van der Waals surface area contributed by atoms with Crippen LogP contribution in [-0.2, 0) is 14.3 Å². The summed E-state index contributed by atoms with van der Waals surface area (Å²) in [5.41, 5.74) is 0.788. The van der Waals surface area contributed by atoms with Crippen LogP contribution in [0.5, 0.6) is 0 Å². The van der Waals surface area contributed by atoms with E-state index in [9.17, 15) is 8.42 Å². The van der Waals surface area contributed by atoms with Gasteiger partial charge in [-0.2, -0.15) is 0 Å². The van der Waals surface area contributed by atoms with E-state index in [4.69, 9.17) is 4.43 Å². The van der Waals surface area contributed by atoms with Gasteiger partial charge in [-0.05, 0) is 54.7 Å². The molecular formula is C30H49NO3SSi. The van der Waals surface area contributed by atoms with E-state index in [-0.39, 0.29) is 0 Å². The second-order valence-corrected chi connectivity index (χ2v) is 18.5. The largest absolute Gasteiger partial charge is 0.417 e. The Morgan fingerprint density at radius 1 is 0.806 bits per heavy atom. The number of nitrogens with zero attached hydrogens (tertiary/aromatic N) is 1. The van der Waals surface area contributed by atoms with E-state index < -0.39 is 23.4 Å². The Labute approximate surface area is 222 Å². The number of unbranched alkanes of at least 4 members (excludes halogenated alkanes) is 9. The molecule has 0 aliphatic heterocycles. The van der Waals surface area contributed by atoms with E-state index >= 15 is 0 Å². The molecule has 1 heterocycles. The van der Waals surface area contributed by atoms with Gasteiger partial charge in [0.1, 0.15) is 0 Å². The van der Waals surface area contributed by atoms with Crippen LogP contribution in [0.3, 0.4) is 0 Å². The number of hydrogen-bond donors (Lipinski definition) is 0. The molecule has 1 aromatic carbocycles. The van der Waals surface area contributed by atoms with E-state index in [1.54, 1.807) is 36.7 Å². The van der Waals surface area contributed by atoms with Crippen LogP contribution in [0.2, 0.25) is 18.1 Å². The van der Waals surface area contributed by atoms with Crippen molar-refractivity contribution >= 4 is 18.2 Å². The predicted molar refractivity (Wildman–Crippen MR) is 155 cm³/mol. The summed E-state index contributed by atoms with van der Waals surface area (Å²) in [5, 5.41) is -0.239. The van der Waals surface area contributed by atoms with Crippen LogP contribution in [0.4, 0.5) is 0 Å². The summed E-state index contributed by atoms with van der Waals surface area (Å²) in [6.07, 6.45) is 16.0. The van der Waals surface area contributed by atoms with Crippen LogP contribution < -0.4 is 0 Å². The first-order chi connectivity index (χ1) is 17.1. The summed E-state index contributed by atoms with van der Waals surface area (Å²) in [7, 11) is -5.02. The van der Waals surface area contributed by atoms with Gasteiger partial charge in [-0.15, -0.1) is 0 Å². The molecule has 4 nitrogen and oxygen atoms in total. The predicted octanol–water partition coefficient (Wildman–Crippen LogP) is 8.91. The molecular weight excluding hydrogens is 482 g/mol. The number of rotatable bonds is 17. The number of benzene rings is 1. The van der Waals surface area contributed by atoms with Crippen molar-refractivity contribution in [1.82, 2.24) is 4.98 Å². The second kappa shape index (κ2) is 15.0. The fourth-order valence-corrected chi connectivity index (χ4v) is 7.16. The fourth-order valence-electron chi connectivity index (χ4n) is 4.23. The Morgan fingerprint density at radius 3 is 1.89 bits per heavy atom. The van der Waals surface area contributed by atoms with E-state index in [2.05, 4.69) is 38.8 Å². The molecule has 6 heteroatoms. The maximum absolute atomic E-state index is 13.3. The summed E-state index contributed by atoms with van der Waals surface area (Å²) in [5.74, 6) is 0. The monoisotopic (exact) mass is 531 g/mol. The van der Waals surface area contributed by atoms with Crippen LogP contribution in [0.15, 0.2) is 59.8 Å². The third-order valence-corrected chi connectivity index (χ3v) is 14.4. The van der Waals surface area contributed by atoms with Crippen molar-refractivity contribution < 1.29 is 12.8 Å². The van der Waals surface area contributed by atoms with Crippen LogP contribution in [0.1, 0.15) is 102 Å². The molecule has 1 unspecified atom stereocenters. The minimum atomic E-state index is -3.43. The molecule has 0 amide bonds. The molecule has 202 valence electrons. The van der Waals surface area contributed by atoms with E-state index in [1.165, 1.54) is 51.4 Å². The Morgan fingerprint density at radius 2 is 1.36 bits per heavy atom. The number of hydrogen-bond acceptors (Lipinski definition) is 4. The van der Waals surface area contributed by atoms with Crippen molar-refractivity contribution in [2.24, 2.45) is 0 Å². The Hall–Kier alpha value is -1.50. The minimum absolute atomic E-state index is 0.294. The molecule has 0 bridgehead atoms. The van der Waals surface area contributed by atoms with Crippen LogP contribution in [-0.4, -0.2) is 28.3 Å². The van der Waals surface area contributed by atoms with Crippen molar-refractivity contribution in [2.45, 2.75) is 120 Å². The summed E-state index contributed by atoms with van der Waals surface area (Å²) < 4.78 is 32.9. The first-order valence-corrected chi connectivity index (χ1v) is 18.3. The molecule has 2 rings (SSSR count). The second-order valence-electron chi connectivity index (χ2n) is 11.6. The van der Waals surface area contributed by atoms with E-state index in [0.29, 0.717) is 16.4 Å². The summed E-state index contributed by atoms with van der Waals surface area (Å²) in [4.78, 5) is 4.57. The number of aromatic nitrogens is 1. The van der Waals surface area contributed by atoms with Gasteiger partial charge in [0.2, 0.25) is 0 Å². The van der Waals surface area contributed by atoms with Crippen LogP contribution in [0, 0.1) is 0 Å². The summed E-state index contributed by atoms with van der Waals surface area (Å²) in [6.45, 7) is 12.5. The average molecular weight is 532 g/mol. The van der Waals surface area contributed by atoms with Gasteiger partial charge in [-0.25, -0.2) is 8.42 Å². The van der Waals surface area contributed by atoms with Crippen molar-refractivity contribution in [3.05, 3.63) is 60.4 Å². The van der Waals surface area contributed by atoms with Gasteiger partial charge in [0, 0.05) is 19.0 Å². The molecule has 0 aliphatic rings. The Kier molecular flexibility index (Phi) is 12.8. The summed E-state index contributed by atoms with van der Waals surface area (Å²) >= 11 is 0. The zero-order valence-electron chi connectivity index (χ0n) is 23.3.